The third-order valence-electron chi connectivity index (χ3n) is 4.85. The second kappa shape index (κ2) is 8.32. The van der Waals surface area contributed by atoms with Crippen molar-refractivity contribution in [1.29, 1.82) is 0 Å². The Kier molecular flexibility index (Phi) is 6.08. The van der Waals surface area contributed by atoms with Crippen molar-refractivity contribution in [3.63, 3.8) is 0 Å². The fraction of sp³-hybridized carbons (Fsp3) is 0.588. The predicted molar refractivity (Wildman–Crippen MR) is 101 cm³/mol. The van der Waals surface area contributed by atoms with Crippen molar-refractivity contribution >= 4 is 27.1 Å². The Morgan fingerprint density at radius 2 is 2.07 bits per heavy atom. The minimum atomic E-state index is -3.79. The highest BCUT2D eigenvalue weighted by Crippen LogP contribution is 2.30. The van der Waals surface area contributed by atoms with Crippen LogP contribution in [0.2, 0.25) is 0 Å². The van der Waals surface area contributed by atoms with Crippen LogP contribution in [-0.2, 0) is 14.8 Å². The number of ether oxygens (including phenoxy) is 1. The lowest BCUT2D eigenvalue weighted by Crippen LogP contribution is -2.40. The number of sulfonamides is 1. The van der Waals surface area contributed by atoms with Gasteiger partial charge in [0.1, 0.15) is 5.69 Å². The Morgan fingerprint density at radius 3 is 2.74 bits per heavy atom. The topological polar surface area (TPSA) is 114 Å². The molecule has 1 unspecified atom stereocenters. The first-order chi connectivity index (χ1) is 12.9. The van der Waals surface area contributed by atoms with E-state index >= 15 is 0 Å². The molecule has 1 atom stereocenters. The molecule has 2 fully saturated rings. The van der Waals surface area contributed by atoms with Gasteiger partial charge in [-0.2, -0.15) is 9.41 Å². The minimum absolute atomic E-state index is 0.0967. The van der Waals surface area contributed by atoms with Crippen molar-refractivity contribution in [2.24, 2.45) is 11.0 Å². The average molecular weight is 396 g/mol. The van der Waals surface area contributed by atoms with Crippen molar-refractivity contribution in [2.75, 3.05) is 31.7 Å². The van der Waals surface area contributed by atoms with Gasteiger partial charge in [-0.15, -0.1) is 0 Å². The first-order valence-electron chi connectivity index (χ1n) is 9.05. The molecule has 0 amide bonds. The number of benzene rings is 1. The summed E-state index contributed by atoms with van der Waals surface area (Å²) < 4.78 is 31.9. The van der Waals surface area contributed by atoms with E-state index in [-0.39, 0.29) is 29.4 Å². The van der Waals surface area contributed by atoms with Crippen LogP contribution in [0.25, 0.3) is 0 Å². The molecule has 0 aromatic heterocycles. The number of rotatable bonds is 5. The smallest absolute Gasteiger partial charge is 0.295 e. The molecule has 2 aliphatic rings. The van der Waals surface area contributed by atoms with Gasteiger partial charge in [-0.3, -0.25) is 15.5 Å². The first-order valence-corrected chi connectivity index (χ1v) is 10.5. The lowest BCUT2D eigenvalue weighted by atomic mass is 9.89. The fourth-order valence-electron chi connectivity index (χ4n) is 3.36. The van der Waals surface area contributed by atoms with E-state index in [2.05, 4.69) is 17.5 Å². The molecule has 1 saturated carbocycles. The largest absolute Gasteiger partial charge is 0.379 e. The summed E-state index contributed by atoms with van der Waals surface area (Å²) in [6.45, 7) is 3.26. The first kappa shape index (κ1) is 19.7. The molecule has 1 N–H and O–H groups in total. The van der Waals surface area contributed by atoms with Crippen molar-refractivity contribution in [2.45, 2.75) is 37.5 Å². The Labute approximate surface area is 158 Å². The molecule has 148 valence electrons. The Balaban J connectivity index is 1.84. The van der Waals surface area contributed by atoms with E-state index in [4.69, 9.17) is 4.74 Å². The zero-order valence-corrected chi connectivity index (χ0v) is 16.1. The van der Waals surface area contributed by atoms with Gasteiger partial charge in [0.25, 0.3) is 5.69 Å². The molecule has 10 heteroatoms. The van der Waals surface area contributed by atoms with Gasteiger partial charge in [-0.05, 0) is 43.7 Å². The van der Waals surface area contributed by atoms with Crippen LogP contribution < -0.4 is 5.43 Å². The van der Waals surface area contributed by atoms with Crippen molar-refractivity contribution in [3.05, 3.63) is 28.3 Å². The molecule has 27 heavy (non-hydrogen) atoms. The Bertz CT molecular complexity index is 834. The molecule has 1 heterocycles. The molecule has 0 spiro atoms. The van der Waals surface area contributed by atoms with Crippen molar-refractivity contribution in [1.82, 2.24) is 4.31 Å². The standard InChI is InChI=1S/C17H24N4O5S/c1-13-3-2-4-14(11-13)18-19-16-6-5-15(12-17(16)21(22)23)27(24,25)20-7-9-26-10-8-20/h5-6,12-13,19H,2-4,7-11H2,1H3/b18-14-. The summed E-state index contributed by atoms with van der Waals surface area (Å²) in [7, 11) is -3.79. The van der Waals surface area contributed by atoms with E-state index in [1.54, 1.807) is 0 Å². The zero-order valence-electron chi connectivity index (χ0n) is 15.3. The van der Waals surface area contributed by atoms with Gasteiger partial charge in [-0.25, -0.2) is 8.42 Å². The van der Waals surface area contributed by atoms with E-state index < -0.39 is 14.9 Å². The van der Waals surface area contributed by atoms with Gasteiger partial charge in [-0.1, -0.05) is 6.92 Å². The van der Waals surface area contributed by atoms with E-state index in [1.165, 1.54) is 16.4 Å². The van der Waals surface area contributed by atoms with E-state index in [1.807, 2.05) is 0 Å². The maximum absolute atomic E-state index is 12.7. The van der Waals surface area contributed by atoms with Gasteiger partial charge in [0.05, 0.1) is 23.0 Å². The molecule has 0 radical (unpaired) electrons. The van der Waals surface area contributed by atoms with Crippen LogP contribution in [0.5, 0.6) is 0 Å². The lowest BCUT2D eigenvalue weighted by Gasteiger charge is -2.26. The summed E-state index contributed by atoms with van der Waals surface area (Å²) in [4.78, 5) is 10.8. The molecule has 9 nitrogen and oxygen atoms in total. The van der Waals surface area contributed by atoms with Gasteiger partial charge >= 0.3 is 0 Å². The molecule has 1 aliphatic carbocycles. The zero-order chi connectivity index (χ0) is 19.4. The summed E-state index contributed by atoms with van der Waals surface area (Å²) in [5, 5.41) is 15.8. The minimum Gasteiger partial charge on any atom is -0.379 e. The monoisotopic (exact) mass is 396 g/mol. The van der Waals surface area contributed by atoms with Gasteiger partial charge in [0.15, 0.2) is 0 Å². The highest BCUT2D eigenvalue weighted by atomic mass is 32.2. The fourth-order valence-corrected chi connectivity index (χ4v) is 4.78. The predicted octanol–water partition coefficient (Wildman–Crippen LogP) is 2.59. The maximum Gasteiger partial charge on any atom is 0.295 e. The lowest BCUT2D eigenvalue weighted by molar-refractivity contribution is -0.384. The molecule has 1 saturated heterocycles. The third kappa shape index (κ3) is 4.63. The Morgan fingerprint density at radius 1 is 1.33 bits per heavy atom. The van der Waals surface area contributed by atoms with Crippen LogP contribution in [0.3, 0.4) is 0 Å². The Hall–Kier alpha value is -2.04. The number of hydrogen-bond acceptors (Lipinski definition) is 7. The second-order valence-corrected chi connectivity index (χ2v) is 8.88. The summed E-state index contributed by atoms with van der Waals surface area (Å²) in [6, 6.07) is 3.88. The third-order valence-corrected chi connectivity index (χ3v) is 6.75. The molecular weight excluding hydrogens is 372 g/mol. The van der Waals surface area contributed by atoms with Gasteiger partial charge in [0.2, 0.25) is 10.0 Å². The molecule has 0 bridgehead atoms. The number of nitrogens with zero attached hydrogens (tertiary/aromatic N) is 3. The van der Waals surface area contributed by atoms with Crippen LogP contribution >= 0.6 is 0 Å². The highest BCUT2D eigenvalue weighted by Gasteiger charge is 2.29. The molecule has 1 aromatic rings. The number of nitrogens with one attached hydrogen (secondary N) is 1. The van der Waals surface area contributed by atoms with Crippen LogP contribution in [0.1, 0.15) is 32.6 Å². The summed E-state index contributed by atoms with van der Waals surface area (Å²) in [6.07, 6.45) is 3.95. The SMILES string of the molecule is CC1CCC/C(=N/Nc2ccc(S(=O)(=O)N3CCOCC3)cc2[N+](=O)[O-])C1. The summed E-state index contributed by atoms with van der Waals surface area (Å²) in [5.41, 5.74) is 3.62. The van der Waals surface area contributed by atoms with E-state index in [0.29, 0.717) is 19.1 Å². The van der Waals surface area contributed by atoms with Gasteiger partial charge < -0.3 is 4.74 Å². The molecular formula is C17H24N4O5S. The van der Waals surface area contributed by atoms with Crippen molar-refractivity contribution in [3.8, 4) is 0 Å². The summed E-state index contributed by atoms with van der Waals surface area (Å²) >= 11 is 0. The molecule has 1 aliphatic heterocycles. The number of nitro groups is 1. The average Bonchev–Trinajstić information content (AvgIpc) is 2.67. The summed E-state index contributed by atoms with van der Waals surface area (Å²) in [5.74, 6) is 0.551. The van der Waals surface area contributed by atoms with Crippen LogP contribution in [-0.4, -0.2) is 49.7 Å². The second-order valence-electron chi connectivity index (χ2n) is 6.94. The van der Waals surface area contributed by atoms with Crippen molar-refractivity contribution < 1.29 is 18.1 Å². The van der Waals surface area contributed by atoms with Crippen LogP contribution in [0, 0.1) is 16.0 Å². The molecule has 1 aromatic carbocycles. The van der Waals surface area contributed by atoms with Crippen LogP contribution in [0.15, 0.2) is 28.2 Å². The maximum atomic E-state index is 12.7. The number of nitro benzene ring substituents is 1. The highest BCUT2D eigenvalue weighted by molar-refractivity contribution is 7.89. The number of hydrogen-bond donors (Lipinski definition) is 1. The quantitative estimate of drug-likeness (QED) is 0.604. The molecule has 3 rings (SSSR count). The number of anilines is 1. The normalized spacial score (nSPS) is 23.3. The van der Waals surface area contributed by atoms with Gasteiger partial charge in [0, 0.05) is 24.9 Å². The number of hydrazone groups is 1. The van der Waals surface area contributed by atoms with Crippen LogP contribution in [0.4, 0.5) is 11.4 Å². The van der Waals surface area contributed by atoms with E-state index in [0.717, 1.165) is 37.5 Å². The van der Waals surface area contributed by atoms with E-state index in [9.17, 15) is 18.5 Å². The number of morpholine rings is 1.